The number of aromatic nitrogens is 2. The van der Waals surface area contributed by atoms with E-state index in [1.165, 1.54) is 17.5 Å². The highest BCUT2D eigenvalue weighted by Crippen LogP contribution is 2.24. The van der Waals surface area contributed by atoms with Gasteiger partial charge in [0.05, 0.1) is 11.9 Å². The molecule has 0 saturated heterocycles. The number of rotatable bonds is 7. The van der Waals surface area contributed by atoms with Gasteiger partial charge in [0, 0.05) is 25.7 Å². The lowest BCUT2D eigenvalue weighted by Gasteiger charge is -2.16. The summed E-state index contributed by atoms with van der Waals surface area (Å²) in [4.78, 5) is 14.2. The van der Waals surface area contributed by atoms with E-state index in [9.17, 15) is 4.79 Å². The Morgan fingerprint density at radius 2 is 2.32 bits per heavy atom. The second-order valence-electron chi connectivity index (χ2n) is 5.04. The van der Waals surface area contributed by atoms with Gasteiger partial charge in [0.1, 0.15) is 5.02 Å². The summed E-state index contributed by atoms with van der Waals surface area (Å²) in [6, 6.07) is 0.743. The Labute approximate surface area is 118 Å². The third-order valence-corrected chi connectivity index (χ3v) is 3.74. The third-order valence-electron chi connectivity index (χ3n) is 3.37. The van der Waals surface area contributed by atoms with Gasteiger partial charge in [-0.1, -0.05) is 18.5 Å². The summed E-state index contributed by atoms with van der Waals surface area (Å²) >= 11 is 6.07. The van der Waals surface area contributed by atoms with Crippen LogP contribution in [0.2, 0.25) is 5.02 Å². The minimum atomic E-state index is -0.218. The molecule has 1 aromatic rings. The molecule has 1 heterocycles. The van der Waals surface area contributed by atoms with Crippen LogP contribution in [0.5, 0.6) is 0 Å². The van der Waals surface area contributed by atoms with Gasteiger partial charge in [0.2, 0.25) is 0 Å². The molecule has 106 valence electrons. The number of nitrogens with zero attached hydrogens (tertiary/aromatic N) is 3. The van der Waals surface area contributed by atoms with Crippen LogP contribution in [-0.4, -0.2) is 40.9 Å². The SMILES string of the molecule is CCCn1ncc(NCCN(C)C2CC2)c(Cl)c1=O. The highest BCUT2D eigenvalue weighted by atomic mass is 35.5. The second-order valence-corrected chi connectivity index (χ2v) is 5.42. The van der Waals surface area contributed by atoms with Crippen molar-refractivity contribution in [1.29, 1.82) is 0 Å². The standard InChI is InChI=1S/C13H21ClN4O/c1-3-7-18-13(19)12(14)11(9-16-18)15-6-8-17(2)10-4-5-10/h9-10,15H,3-8H2,1-2H3. The van der Waals surface area contributed by atoms with Crippen LogP contribution in [0.25, 0.3) is 0 Å². The number of halogens is 1. The van der Waals surface area contributed by atoms with E-state index in [1.807, 2.05) is 6.92 Å². The highest BCUT2D eigenvalue weighted by molar-refractivity contribution is 6.32. The molecule has 0 radical (unpaired) electrons. The Morgan fingerprint density at radius 3 is 2.95 bits per heavy atom. The quantitative estimate of drug-likeness (QED) is 0.830. The molecule has 1 aromatic heterocycles. The molecule has 0 aromatic carbocycles. The summed E-state index contributed by atoms with van der Waals surface area (Å²) < 4.78 is 1.41. The normalized spacial score (nSPS) is 14.9. The van der Waals surface area contributed by atoms with E-state index in [0.717, 1.165) is 25.6 Å². The first-order chi connectivity index (χ1) is 9.13. The zero-order valence-electron chi connectivity index (χ0n) is 11.5. The van der Waals surface area contributed by atoms with Gasteiger partial charge in [-0.25, -0.2) is 4.68 Å². The fraction of sp³-hybridized carbons (Fsp3) is 0.692. The largest absolute Gasteiger partial charge is 0.381 e. The zero-order valence-corrected chi connectivity index (χ0v) is 12.3. The van der Waals surface area contributed by atoms with Gasteiger partial charge in [-0.15, -0.1) is 0 Å². The Kier molecular flexibility index (Phi) is 4.82. The summed E-state index contributed by atoms with van der Waals surface area (Å²) in [7, 11) is 2.12. The van der Waals surface area contributed by atoms with E-state index in [0.29, 0.717) is 12.2 Å². The maximum absolute atomic E-state index is 11.9. The predicted octanol–water partition coefficient (Wildman–Crippen LogP) is 1.81. The van der Waals surface area contributed by atoms with Crippen molar-refractivity contribution in [2.75, 3.05) is 25.5 Å². The van der Waals surface area contributed by atoms with Gasteiger partial charge in [-0.2, -0.15) is 5.10 Å². The first-order valence-corrected chi connectivity index (χ1v) is 7.21. The molecule has 1 saturated carbocycles. The van der Waals surface area contributed by atoms with Crippen LogP contribution in [0.15, 0.2) is 11.0 Å². The molecule has 19 heavy (non-hydrogen) atoms. The molecule has 1 aliphatic rings. The van der Waals surface area contributed by atoms with Crippen molar-refractivity contribution >= 4 is 17.3 Å². The van der Waals surface area contributed by atoms with Crippen molar-refractivity contribution in [3.8, 4) is 0 Å². The number of hydrogen-bond acceptors (Lipinski definition) is 4. The maximum atomic E-state index is 11.9. The van der Waals surface area contributed by atoms with Crippen molar-refractivity contribution in [3.05, 3.63) is 21.6 Å². The monoisotopic (exact) mass is 284 g/mol. The van der Waals surface area contributed by atoms with Gasteiger partial charge in [0.15, 0.2) is 0 Å². The Hall–Kier alpha value is -1.07. The van der Waals surface area contributed by atoms with E-state index in [-0.39, 0.29) is 10.6 Å². The fourth-order valence-electron chi connectivity index (χ4n) is 2.02. The first-order valence-electron chi connectivity index (χ1n) is 6.83. The Bertz CT molecular complexity index is 484. The molecule has 1 fully saturated rings. The molecule has 0 aliphatic heterocycles. The molecule has 0 amide bonds. The number of hydrogen-bond donors (Lipinski definition) is 1. The van der Waals surface area contributed by atoms with Gasteiger partial charge in [0.25, 0.3) is 5.56 Å². The number of aryl methyl sites for hydroxylation is 1. The Balaban J connectivity index is 1.92. The summed E-state index contributed by atoms with van der Waals surface area (Å²) in [5, 5.41) is 7.54. The van der Waals surface area contributed by atoms with Crippen LogP contribution in [0, 0.1) is 0 Å². The average molecular weight is 285 g/mol. The lowest BCUT2D eigenvalue weighted by molar-refractivity contribution is 0.337. The van der Waals surface area contributed by atoms with Crippen LogP contribution in [0.4, 0.5) is 5.69 Å². The zero-order chi connectivity index (χ0) is 13.8. The van der Waals surface area contributed by atoms with Gasteiger partial charge in [-0.3, -0.25) is 4.79 Å². The number of anilines is 1. The van der Waals surface area contributed by atoms with Crippen molar-refractivity contribution < 1.29 is 0 Å². The van der Waals surface area contributed by atoms with E-state index in [1.54, 1.807) is 6.20 Å². The molecule has 2 rings (SSSR count). The lowest BCUT2D eigenvalue weighted by atomic mass is 10.4. The molecule has 6 heteroatoms. The van der Waals surface area contributed by atoms with Crippen molar-refractivity contribution in [2.24, 2.45) is 0 Å². The summed E-state index contributed by atoms with van der Waals surface area (Å²) in [6.45, 7) is 4.32. The molecular formula is C13H21ClN4O. The minimum Gasteiger partial charge on any atom is -0.381 e. The first kappa shape index (κ1) is 14.3. The molecule has 1 N–H and O–H groups in total. The molecule has 1 aliphatic carbocycles. The summed E-state index contributed by atoms with van der Waals surface area (Å²) in [6.07, 6.45) is 5.09. The van der Waals surface area contributed by atoms with Gasteiger partial charge < -0.3 is 10.2 Å². The molecule has 0 bridgehead atoms. The van der Waals surface area contributed by atoms with E-state index < -0.39 is 0 Å². The van der Waals surface area contributed by atoms with Crippen LogP contribution < -0.4 is 10.9 Å². The Morgan fingerprint density at radius 1 is 1.58 bits per heavy atom. The van der Waals surface area contributed by atoms with E-state index >= 15 is 0 Å². The summed E-state index contributed by atoms with van der Waals surface area (Å²) in [5.41, 5.74) is 0.410. The number of nitrogens with one attached hydrogen (secondary N) is 1. The van der Waals surface area contributed by atoms with Crippen LogP contribution in [0.1, 0.15) is 26.2 Å². The summed E-state index contributed by atoms with van der Waals surface area (Å²) in [5.74, 6) is 0. The third kappa shape index (κ3) is 3.70. The molecule has 0 spiro atoms. The van der Waals surface area contributed by atoms with E-state index in [4.69, 9.17) is 11.6 Å². The molecule has 0 atom stereocenters. The topological polar surface area (TPSA) is 50.2 Å². The minimum absolute atomic E-state index is 0.218. The smallest absolute Gasteiger partial charge is 0.287 e. The van der Waals surface area contributed by atoms with Crippen LogP contribution in [-0.2, 0) is 6.54 Å². The van der Waals surface area contributed by atoms with Crippen molar-refractivity contribution in [1.82, 2.24) is 14.7 Å². The van der Waals surface area contributed by atoms with Gasteiger partial charge in [-0.05, 0) is 26.3 Å². The predicted molar refractivity (Wildman–Crippen MR) is 77.9 cm³/mol. The molecular weight excluding hydrogens is 264 g/mol. The molecule has 0 unspecified atom stereocenters. The fourth-order valence-corrected chi connectivity index (χ4v) is 2.24. The van der Waals surface area contributed by atoms with E-state index in [2.05, 4.69) is 22.4 Å². The maximum Gasteiger partial charge on any atom is 0.287 e. The number of likely N-dealkylation sites (N-methyl/N-ethyl adjacent to an activating group) is 1. The van der Waals surface area contributed by atoms with Crippen LogP contribution in [0.3, 0.4) is 0 Å². The average Bonchev–Trinajstić information content (AvgIpc) is 3.22. The van der Waals surface area contributed by atoms with Crippen LogP contribution >= 0.6 is 11.6 Å². The molecule has 5 nitrogen and oxygen atoms in total. The van der Waals surface area contributed by atoms with Crippen molar-refractivity contribution in [2.45, 2.75) is 38.8 Å². The second kappa shape index (κ2) is 6.39. The lowest BCUT2D eigenvalue weighted by Crippen LogP contribution is -2.28. The highest BCUT2D eigenvalue weighted by Gasteiger charge is 2.25. The van der Waals surface area contributed by atoms with Gasteiger partial charge >= 0.3 is 0 Å². The van der Waals surface area contributed by atoms with Crippen molar-refractivity contribution in [3.63, 3.8) is 0 Å².